The largest absolute Gasteiger partial charge is 0.486 e. The number of aryl methyl sites for hydroxylation is 1. The second-order valence-electron chi connectivity index (χ2n) is 5.91. The topological polar surface area (TPSA) is 99.9 Å². The summed E-state index contributed by atoms with van der Waals surface area (Å²) in [7, 11) is 0. The van der Waals surface area contributed by atoms with Gasteiger partial charge < -0.3 is 25.3 Å². The number of rotatable bonds is 5. The van der Waals surface area contributed by atoms with Crippen LogP contribution < -0.4 is 20.5 Å². The molecule has 0 saturated heterocycles. The number of ether oxygens (including phenoxy) is 3. The van der Waals surface area contributed by atoms with E-state index >= 15 is 0 Å². The van der Waals surface area contributed by atoms with E-state index in [1.54, 1.807) is 31.2 Å². The Morgan fingerprint density at radius 3 is 2.77 bits per heavy atom. The van der Waals surface area contributed by atoms with Crippen LogP contribution in [0, 0.1) is 6.92 Å². The molecule has 0 aliphatic carbocycles. The van der Waals surface area contributed by atoms with Gasteiger partial charge in [-0.15, -0.1) is 0 Å². The summed E-state index contributed by atoms with van der Waals surface area (Å²) >= 11 is 0. The summed E-state index contributed by atoms with van der Waals surface area (Å²) in [5.74, 6) is 0.263. The number of carbonyl (C=O) groups is 2. The smallest absolute Gasteiger partial charge is 0.340 e. The third kappa shape index (κ3) is 4.05. The summed E-state index contributed by atoms with van der Waals surface area (Å²) < 4.78 is 16.3. The van der Waals surface area contributed by atoms with Crippen molar-refractivity contribution >= 4 is 17.6 Å². The molecule has 1 aliphatic heterocycles. The molecule has 3 rings (SSSR count). The van der Waals surface area contributed by atoms with Crippen LogP contribution in [-0.4, -0.2) is 37.7 Å². The summed E-state index contributed by atoms with van der Waals surface area (Å²) in [6.07, 6.45) is -0.308. The lowest BCUT2D eigenvalue weighted by Gasteiger charge is -2.26. The molecule has 3 N–H and O–H groups in total. The Balaban J connectivity index is 1.45. The fraction of sp³-hybridized carbons (Fsp3) is 0.263. The molecule has 7 nitrogen and oxygen atoms in total. The predicted octanol–water partition coefficient (Wildman–Crippen LogP) is 1.69. The summed E-state index contributed by atoms with van der Waals surface area (Å²) in [5.41, 5.74) is 7.23. The zero-order chi connectivity index (χ0) is 18.5. The molecular formula is C19H20N2O5. The number of carbonyl (C=O) groups excluding carboxylic acids is 2. The van der Waals surface area contributed by atoms with E-state index in [2.05, 4.69) is 5.32 Å². The zero-order valence-electron chi connectivity index (χ0n) is 14.4. The number of fused-ring (bicyclic) bond motifs is 1. The second-order valence-corrected chi connectivity index (χ2v) is 5.91. The fourth-order valence-electron chi connectivity index (χ4n) is 2.51. The fourth-order valence-corrected chi connectivity index (χ4v) is 2.51. The molecule has 2 aromatic rings. The number of hydrogen-bond donors (Lipinski definition) is 2. The van der Waals surface area contributed by atoms with Gasteiger partial charge in [-0.05, 0) is 30.7 Å². The Morgan fingerprint density at radius 1 is 1.19 bits per heavy atom. The molecule has 0 saturated carbocycles. The highest BCUT2D eigenvalue weighted by Crippen LogP contribution is 2.30. The molecule has 0 aromatic heterocycles. The van der Waals surface area contributed by atoms with Crippen LogP contribution in [0.2, 0.25) is 0 Å². The lowest BCUT2D eigenvalue weighted by Crippen LogP contribution is -2.42. The molecule has 0 radical (unpaired) electrons. The van der Waals surface area contributed by atoms with E-state index < -0.39 is 18.5 Å². The van der Waals surface area contributed by atoms with Gasteiger partial charge in [-0.25, -0.2) is 4.79 Å². The maximum atomic E-state index is 12.0. The van der Waals surface area contributed by atoms with Crippen molar-refractivity contribution in [2.24, 2.45) is 0 Å². The van der Waals surface area contributed by atoms with Crippen molar-refractivity contribution in [3.05, 3.63) is 53.6 Å². The average Bonchev–Trinajstić information content (AvgIpc) is 2.66. The van der Waals surface area contributed by atoms with Gasteiger partial charge in [0.05, 0.1) is 12.1 Å². The number of para-hydroxylation sites is 3. The standard InChI is InChI=1S/C19H20N2O5/c1-12-5-4-6-14(18(12)20)19(23)25-11-17(22)21-9-13-10-24-15-7-2-3-8-16(15)26-13/h2-8,13H,9-11,20H2,1H3,(H,21,22). The van der Waals surface area contributed by atoms with E-state index in [9.17, 15) is 9.59 Å². The second kappa shape index (κ2) is 7.77. The van der Waals surface area contributed by atoms with Crippen molar-refractivity contribution in [1.29, 1.82) is 0 Å². The van der Waals surface area contributed by atoms with E-state index in [4.69, 9.17) is 19.9 Å². The molecule has 0 spiro atoms. The van der Waals surface area contributed by atoms with Gasteiger partial charge in [-0.1, -0.05) is 24.3 Å². The number of benzene rings is 2. The van der Waals surface area contributed by atoms with E-state index in [1.807, 2.05) is 18.2 Å². The maximum absolute atomic E-state index is 12.0. The number of hydrogen-bond acceptors (Lipinski definition) is 6. The maximum Gasteiger partial charge on any atom is 0.340 e. The van der Waals surface area contributed by atoms with Gasteiger partial charge in [-0.2, -0.15) is 0 Å². The molecule has 1 atom stereocenters. The lowest BCUT2D eigenvalue weighted by atomic mass is 10.1. The summed E-state index contributed by atoms with van der Waals surface area (Å²) in [5, 5.41) is 2.66. The summed E-state index contributed by atoms with van der Waals surface area (Å²) in [6, 6.07) is 12.4. The Morgan fingerprint density at radius 2 is 1.96 bits per heavy atom. The van der Waals surface area contributed by atoms with Crippen molar-refractivity contribution < 1.29 is 23.8 Å². The first-order valence-corrected chi connectivity index (χ1v) is 8.22. The number of amides is 1. The number of anilines is 1. The monoisotopic (exact) mass is 356 g/mol. The van der Waals surface area contributed by atoms with Gasteiger partial charge >= 0.3 is 5.97 Å². The Hall–Kier alpha value is -3.22. The molecule has 26 heavy (non-hydrogen) atoms. The zero-order valence-corrected chi connectivity index (χ0v) is 14.4. The van der Waals surface area contributed by atoms with Gasteiger partial charge in [0.15, 0.2) is 18.1 Å². The van der Waals surface area contributed by atoms with Crippen LogP contribution in [0.3, 0.4) is 0 Å². The Labute approximate surface area is 151 Å². The molecule has 1 aliphatic rings. The van der Waals surface area contributed by atoms with Gasteiger partial charge in [0.25, 0.3) is 5.91 Å². The predicted molar refractivity (Wildman–Crippen MR) is 95.2 cm³/mol. The molecule has 2 aromatic carbocycles. The van der Waals surface area contributed by atoms with Crippen molar-refractivity contribution in [2.45, 2.75) is 13.0 Å². The van der Waals surface area contributed by atoms with Crippen LogP contribution in [-0.2, 0) is 9.53 Å². The molecule has 0 bridgehead atoms. The first kappa shape index (κ1) is 17.6. The quantitative estimate of drug-likeness (QED) is 0.625. The summed E-state index contributed by atoms with van der Waals surface area (Å²) in [6.45, 7) is 1.98. The third-order valence-corrected chi connectivity index (χ3v) is 3.97. The van der Waals surface area contributed by atoms with Crippen LogP contribution >= 0.6 is 0 Å². The van der Waals surface area contributed by atoms with Crippen LogP contribution in [0.15, 0.2) is 42.5 Å². The van der Waals surface area contributed by atoms with Crippen molar-refractivity contribution in [2.75, 3.05) is 25.5 Å². The van der Waals surface area contributed by atoms with Gasteiger partial charge in [0, 0.05) is 5.69 Å². The van der Waals surface area contributed by atoms with E-state index in [0.717, 1.165) is 5.56 Å². The molecule has 0 fully saturated rings. The Kier molecular flexibility index (Phi) is 5.26. The lowest BCUT2D eigenvalue weighted by molar-refractivity contribution is -0.124. The van der Waals surface area contributed by atoms with Crippen molar-refractivity contribution in [3.63, 3.8) is 0 Å². The number of nitrogens with one attached hydrogen (secondary N) is 1. The highest BCUT2D eigenvalue weighted by atomic mass is 16.6. The normalized spacial score (nSPS) is 15.2. The number of nitrogens with two attached hydrogens (primary N) is 1. The van der Waals surface area contributed by atoms with Gasteiger partial charge in [0.2, 0.25) is 0 Å². The molecule has 7 heteroatoms. The first-order valence-electron chi connectivity index (χ1n) is 8.22. The average molecular weight is 356 g/mol. The van der Waals surface area contributed by atoms with Crippen LogP contribution in [0.4, 0.5) is 5.69 Å². The molecule has 136 valence electrons. The molecule has 1 unspecified atom stereocenters. The SMILES string of the molecule is Cc1cccc(C(=O)OCC(=O)NCC2COc3ccccc3O2)c1N. The number of nitrogen functional groups attached to an aromatic ring is 1. The highest BCUT2D eigenvalue weighted by Gasteiger charge is 2.21. The molecular weight excluding hydrogens is 336 g/mol. The van der Waals surface area contributed by atoms with E-state index in [1.165, 1.54) is 0 Å². The Bertz CT molecular complexity index is 821. The van der Waals surface area contributed by atoms with Gasteiger partial charge in [0.1, 0.15) is 12.7 Å². The molecule has 1 amide bonds. The minimum atomic E-state index is -0.632. The first-order chi connectivity index (χ1) is 12.5. The number of esters is 1. The van der Waals surface area contributed by atoms with Crippen molar-refractivity contribution in [3.8, 4) is 11.5 Å². The summed E-state index contributed by atoms with van der Waals surface area (Å²) in [4.78, 5) is 23.9. The van der Waals surface area contributed by atoms with Crippen molar-refractivity contribution in [1.82, 2.24) is 5.32 Å². The van der Waals surface area contributed by atoms with E-state index in [0.29, 0.717) is 23.8 Å². The van der Waals surface area contributed by atoms with Crippen LogP contribution in [0.1, 0.15) is 15.9 Å². The third-order valence-electron chi connectivity index (χ3n) is 3.97. The van der Waals surface area contributed by atoms with Gasteiger partial charge in [-0.3, -0.25) is 4.79 Å². The van der Waals surface area contributed by atoms with Crippen LogP contribution in [0.25, 0.3) is 0 Å². The molecule has 1 heterocycles. The minimum Gasteiger partial charge on any atom is -0.486 e. The van der Waals surface area contributed by atoms with Crippen LogP contribution in [0.5, 0.6) is 11.5 Å². The van der Waals surface area contributed by atoms with E-state index in [-0.39, 0.29) is 18.2 Å². The highest BCUT2D eigenvalue weighted by molar-refractivity contribution is 5.96. The minimum absolute atomic E-state index is 0.247.